The van der Waals surface area contributed by atoms with Crippen LogP contribution in [0.25, 0.3) is 0 Å². The summed E-state index contributed by atoms with van der Waals surface area (Å²) < 4.78 is 0. The van der Waals surface area contributed by atoms with Crippen LogP contribution in [0.4, 0.5) is 11.4 Å². The van der Waals surface area contributed by atoms with Gasteiger partial charge in [-0.15, -0.1) is 0 Å². The predicted octanol–water partition coefficient (Wildman–Crippen LogP) is 2.87. The first kappa shape index (κ1) is 20.0. The Hall–Kier alpha value is -3.88. The van der Waals surface area contributed by atoms with E-state index in [1.54, 1.807) is 24.4 Å². The molecule has 1 saturated carbocycles. The number of nitrogens with zero attached hydrogens (tertiary/aromatic N) is 3. The predicted molar refractivity (Wildman–Crippen MR) is 113 cm³/mol. The van der Waals surface area contributed by atoms with Gasteiger partial charge in [0.05, 0.1) is 41.1 Å². The number of carbonyl (C=O) groups excluding carboxylic acids is 3. The lowest BCUT2D eigenvalue weighted by Crippen LogP contribution is -2.38. The number of nitrogens with one attached hydrogen (secondary N) is 1. The zero-order valence-corrected chi connectivity index (χ0v) is 17.0. The third-order valence-corrected chi connectivity index (χ3v) is 6.61. The number of anilines is 1. The van der Waals surface area contributed by atoms with Crippen LogP contribution in [0.1, 0.15) is 24.4 Å². The number of imide groups is 1. The number of hydrogen-bond donors (Lipinski definition) is 1. The first-order valence-corrected chi connectivity index (χ1v) is 10.4. The van der Waals surface area contributed by atoms with Gasteiger partial charge in [-0.25, -0.2) is 0 Å². The normalized spacial score (nSPS) is 26.3. The SMILES string of the molecule is O=C(CC(c1cccc([N+](=O)[O-])c1)N1C(=O)C2C3C=CC(C3)C2C1=O)Nc1cccnc1. The summed E-state index contributed by atoms with van der Waals surface area (Å²) in [5.41, 5.74) is 0.692. The van der Waals surface area contributed by atoms with E-state index in [4.69, 9.17) is 0 Å². The first-order chi connectivity index (χ1) is 15.4. The van der Waals surface area contributed by atoms with Crippen molar-refractivity contribution in [2.24, 2.45) is 23.7 Å². The van der Waals surface area contributed by atoms with E-state index in [0.717, 1.165) is 6.42 Å². The van der Waals surface area contributed by atoms with Crippen molar-refractivity contribution >= 4 is 29.1 Å². The van der Waals surface area contributed by atoms with Crippen molar-refractivity contribution in [2.75, 3.05) is 5.32 Å². The molecule has 3 aliphatic rings. The average molecular weight is 432 g/mol. The molecule has 2 aromatic rings. The monoisotopic (exact) mass is 432 g/mol. The van der Waals surface area contributed by atoms with Crippen LogP contribution < -0.4 is 5.32 Å². The Labute approximate surface area is 183 Å². The molecule has 2 aliphatic carbocycles. The van der Waals surface area contributed by atoms with Gasteiger partial charge in [0, 0.05) is 18.3 Å². The van der Waals surface area contributed by atoms with E-state index in [1.165, 1.54) is 29.3 Å². The molecule has 2 fully saturated rings. The fraction of sp³-hybridized carbons (Fsp3) is 0.304. The molecule has 0 spiro atoms. The standard InChI is InChI=1S/C23H20N4O5/c28-19(25-16-4-2-8-24-12-16)11-18(13-3-1-5-17(10-13)27(31)32)26-22(29)20-14-6-7-15(9-14)21(20)23(26)30/h1-8,10,12,14-15,18,20-21H,9,11H2,(H,25,28). The maximum Gasteiger partial charge on any atom is 0.269 e. The Morgan fingerprint density at radius 3 is 2.50 bits per heavy atom. The number of pyridine rings is 1. The van der Waals surface area contributed by atoms with Gasteiger partial charge >= 0.3 is 0 Å². The molecule has 1 aliphatic heterocycles. The molecule has 1 aromatic carbocycles. The van der Waals surface area contributed by atoms with Crippen LogP contribution in [0.5, 0.6) is 0 Å². The molecule has 5 unspecified atom stereocenters. The third-order valence-electron chi connectivity index (χ3n) is 6.61. The van der Waals surface area contributed by atoms with E-state index in [0.29, 0.717) is 11.3 Å². The number of benzene rings is 1. The smallest absolute Gasteiger partial charge is 0.269 e. The lowest BCUT2D eigenvalue weighted by atomic mass is 9.85. The largest absolute Gasteiger partial charge is 0.325 e. The molecule has 9 nitrogen and oxygen atoms in total. The van der Waals surface area contributed by atoms with Crippen molar-refractivity contribution in [1.29, 1.82) is 0 Å². The van der Waals surface area contributed by atoms with Crippen LogP contribution >= 0.6 is 0 Å². The second kappa shape index (κ2) is 7.67. The molecule has 0 radical (unpaired) electrons. The maximum atomic E-state index is 13.4. The second-order valence-electron chi connectivity index (χ2n) is 8.41. The van der Waals surface area contributed by atoms with Gasteiger partial charge in [-0.05, 0) is 36.0 Å². The van der Waals surface area contributed by atoms with Crippen molar-refractivity contribution in [2.45, 2.75) is 18.9 Å². The minimum atomic E-state index is -0.934. The minimum Gasteiger partial charge on any atom is -0.325 e. The quantitative estimate of drug-likeness (QED) is 0.324. The van der Waals surface area contributed by atoms with Crippen LogP contribution in [-0.2, 0) is 14.4 Å². The summed E-state index contributed by atoms with van der Waals surface area (Å²) in [5.74, 6) is -1.80. The number of aromatic nitrogens is 1. The fourth-order valence-electron chi connectivity index (χ4n) is 5.26. The molecule has 5 atom stereocenters. The Bertz CT molecular complexity index is 1120. The zero-order valence-electron chi connectivity index (χ0n) is 17.0. The lowest BCUT2D eigenvalue weighted by Gasteiger charge is -2.28. The Kier molecular flexibility index (Phi) is 4.80. The van der Waals surface area contributed by atoms with Gasteiger partial charge in [0.25, 0.3) is 5.69 Å². The molecule has 9 heteroatoms. The number of carbonyl (C=O) groups is 3. The molecule has 32 heavy (non-hydrogen) atoms. The number of amides is 3. The van der Waals surface area contributed by atoms with E-state index < -0.39 is 28.7 Å². The summed E-state index contributed by atoms with van der Waals surface area (Å²) in [6, 6.07) is 8.18. The van der Waals surface area contributed by atoms with E-state index in [-0.39, 0.29) is 35.8 Å². The Morgan fingerprint density at radius 1 is 1.16 bits per heavy atom. The summed E-state index contributed by atoms with van der Waals surface area (Å²) in [7, 11) is 0. The Balaban J connectivity index is 1.48. The zero-order chi connectivity index (χ0) is 22.4. The number of nitro groups is 1. The molecule has 2 heterocycles. The number of likely N-dealkylation sites (tertiary alicyclic amines) is 1. The summed E-state index contributed by atoms with van der Waals surface area (Å²) in [6.45, 7) is 0. The van der Waals surface area contributed by atoms with Crippen LogP contribution in [0.3, 0.4) is 0 Å². The van der Waals surface area contributed by atoms with E-state index in [2.05, 4.69) is 10.3 Å². The fourth-order valence-corrected chi connectivity index (χ4v) is 5.26. The highest BCUT2D eigenvalue weighted by atomic mass is 16.6. The number of nitro benzene ring substituents is 1. The summed E-state index contributed by atoms with van der Waals surface area (Å²) in [6.07, 6.45) is 7.64. The van der Waals surface area contributed by atoms with Crippen LogP contribution in [0.2, 0.25) is 0 Å². The van der Waals surface area contributed by atoms with Crippen molar-refractivity contribution in [3.05, 3.63) is 76.6 Å². The van der Waals surface area contributed by atoms with E-state index in [1.807, 2.05) is 12.2 Å². The van der Waals surface area contributed by atoms with Gasteiger partial charge < -0.3 is 5.32 Å². The number of rotatable bonds is 6. The van der Waals surface area contributed by atoms with Crippen molar-refractivity contribution in [3.8, 4) is 0 Å². The summed E-state index contributed by atoms with van der Waals surface area (Å²) in [4.78, 5) is 55.4. The summed E-state index contributed by atoms with van der Waals surface area (Å²) in [5, 5.41) is 14.0. The van der Waals surface area contributed by atoms with Crippen molar-refractivity contribution in [1.82, 2.24) is 9.88 Å². The lowest BCUT2D eigenvalue weighted by molar-refractivity contribution is -0.385. The van der Waals surface area contributed by atoms with E-state index in [9.17, 15) is 24.5 Å². The molecule has 1 N–H and O–H groups in total. The van der Waals surface area contributed by atoms with Crippen LogP contribution in [-0.4, -0.2) is 32.5 Å². The highest BCUT2D eigenvalue weighted by Crippen LogP contribution is 2.54. The van der Waals surface area contributed by atoms with E-state index >= 15 is 0 Å². The highest BCUT2D eigenvalue weighted by molar-refractivity contribution is 6.07. The van der Waals surface area contributed by atoms with Gasteiger partial charge in [0.15, 0.2) is 0 Å². The van der Waals surface area contributed by atoms with Crippen LogP contribution in [0, 0.1) is 33.8 Å². The minimum absolute atomic E-state index is 0.0291. The molecule has 1 aromatic heterocycles. The number of allylic oxidation sites excluding steroid dienone is 2. The van der Waals surface area contributed by atoms with Gasteiger partial charge in [-0.3, -0.25) is 34.4 Å². The Morgan fingerprint density at radius 2 is 1.88 bits per heavy atom. The van der Waals surface area contributed by atoms with Gasteiger partial charge in [-0.2, -0.15) is 0 Å². The maximum absolute atomic E-state index is 13.4. The second-order valence-corrected chi connectivity index (χ2v) is 8.41. The average Bonchev–Trinajstić information content (AvgIpc) is 3.47. The number of fused-ring (bicyclic) bond motifs is 5. The topological polar surface area (TPSA) is 123 Å². The molecular weight excluding hydrogens is 412 g/mol. The summed E-state index contributed by atoms with van der Waals surface area (Å²) >= 11 is 0. The molecule has 5 rings (SSSR count). The molecular formula is C23H20N4O5. The van der Waals surface area contributed by atoms with Gasteiger partial charge in [-0.1, -0.05) is 24.3 Å². The first-order valence-electron chi connectivity index (χ1n) is 10.4. The van der Waals surface area contributed by atoms with Gasteiger partial charge in [0.1, 0.15) is 0 Å². The number of non-ortho nitro benzene ring substituents is 1. The van der Waals surface area contributed by atoms with Crippen LogP contribution in [0.15, 0.2) is 60.9 Å². The third kappa shape index (κ3) is 3.26. The molecule has 2 bridgehead atoms. The molecule has 3 amide bonds. The van der Waals surface area contributed by atoms with Gasteiger partial charge in [0.2, 0.25) is 17.7 Å². The molecule has 1 saturated heterocycles. The number of hydrogen-bond acceptors (Lipinski definition) is 6. The molecule has 162 valence electrons. The highest BCUT2D eigenvalue weighted by Gasteiger charge is 2.60. The van der Waals surface area contributed by atoms with Crippen molar-refractivity contribution < 1.29 is 19.3 Å². The van der Waals surface area contributed by atoms with Crippen molar-refractivity contribution in [3.63, 3.8) is 0 Å².